The first-order chi connectivity index (χ1) is 17.5. The van der Waals surface area contributed by atoms with Crippen LogP contribution in [0.5, 0.6) is 11.5 Å². The molecule has 0 radical (unpaired) electrons. The standard InChI is InChI=1S/C26H30FN7O2/c1-14-23(36-2)12-20(31-30-14)15-6-9-18(22(35)10-15)26-28-13-24(32-33-26)34(17-7-8-17)21-11-16-4-3-5-19(29-16)25(21)27/h6,9-10,12-13,16-17,19,21,25,29,35H,3-5,7-8,11H2,1-2H3/t16-,19+,21+,25-/m1/s1. The molecule has 1 aromatic carbocycles. The molecule has 1 saturated carbocycles. The molecule has 3 fully saturated rings. The van der Waals surface area contributed by atoms with Gasteiger partial charge in [0.05, 0.1) is 30.6 Å². The largest absolute Gasteiger partial charge is 0.507 e. The lowest BCUT2D eigenvalue weighted by Gasteiger charge is -2.47. The number of nitrogens with one attached hydrogen (secondary N) is 1. The third-order valence-corrected chi connectivity index (χ3v) is 7.59. The number of alkyl halides is 1. The molecular formula is C26H30FN7O2. The maximum absolute atomic E-state index is 15.5. The van der Waals surface area contributed by atoms with Gasteiger partial charge in [0.2, 0.25) is 0 Å². The van der Waals surface area contributed by atoms with Crippen LogP contribution in [-0.2, 0) is 0 Å². The number of piperidine rings is 2. The van der Waals surface area contributed by atoms with Crippen LogP contribution in [0.25, 0.3) is 22.6 Å². The first kappa shape index (κ1) is 23.0. The van der Waals surface area contributed by atoms with E-state index in [-0.39, 0.29) is 23.9 Å². The van der Waals surface area contributed by atoms with E-state index in [1.165, 1.54) is 0 Å². The molecule has 0 amide bonds. The normalized spacial score (nSPS) is 25.4. The fourth-order valence-corrected chi connectivity index (χ4v) is 5.60. The van der Waals surface area contributed by atoms with Gasteiger partial charge in [0.25, 0.3) is 0 Å². The molecule has 2 aliphatic heterocycles. The highest BCUT2D eigenvalue weighted by Gasteiger charge is 2.46. The fraction of sp³-hybridized carbons (Fsp3) is 0.500. The van der Waals surface area contributed by atoms with Crippen molar-refractivity contribution in [1.29, 1.82) is 0 Å². The monoisotopic (exact) mass is 491 g/mol. The van der Waals surface area contributed by atoms with E-state index in [2.05, 4.69) is 35.6 Å². The molecule has 4 atom stereocenters. The van der Waals surface area contributed by atoms with Crippen molar-refractivity contribution < 1.29 is 14.2 Å². The molecule has 2 saturated heterocycles. The molecule has 6 rings (SSSR count). The van der Waals surface area contributed by atoms with E-state index < -0.39 is 6.17 Å². The SMILES string of the molecule is COc1cc(-c2ccc(-c3ncc(N(C4CC4)[C@H]4C[C@H]5CCC[C@H](N5)[C@H]4F)nn3)c(O)c2)nnc1C. The van der Waals surface area contributed by atoms with E-state index in [1.54, 1.807) is 31.5 Å². The highest BCUT2D eigenvalue weighted by Crippen LogP contribution is 2.39. The minimum absolute atomic E-state index is 0.0115. The number of hydrogen-bond acceptors (Lipinski definition) is 9. The molecule has 10 heteroatoms. The summed E-state index contributed by atoms with van der Waals surface area (Å²) in [4.78, 5) is 6.63. The van der Waals surface area contributed by atoms with Crippen LogP contribution in [0, 0.1) is 6.92 Å². The van der Waals surface area contributed by atoms with Gasteiger partial charge in [0, 0.05) is 29.8 Å². The van der Waals surface area contributed by atoms with Crippen molar-refractivity contribution in [3.63, 3.8) is 0 Å². The molecule has 0 unspecified atom stereocenters. The second-order valence-electron chi connectivity index (χ2n) is 10.0. The molecule has 2 aromatic heterocycles. The fourth-order valence-electron chi connectivity index (χ4n) is 5.60. The van der Waals surface area contributed by atoms with Gasteiger partial charge in [0.15, 0.2) is 11.6 Å². The van der Waals surface area contributed by atoms with Gasteiger partial charge in [-0.15, -0.1) is 15.3 Å². The van der Waals surface area contributed by atoms with Gasteiger partial charge in [-0.2, -0.15) is 5.10 Å². The average molecular weight is 492 g/mol. The Balaban J connectivity index is 1.25. The van der Waals surface area contributed by atoms with E-state index in [4.69, 9.17) is 4.74 Å². The number of phenols is 1. The third kappa shape index (κ3) is 4.23. The number of aromatic hydroxyl groups is 1. The maximum atomic E-state index is 15.5. The zero-order chi connectivity index (χ0) is 24.8. The Morgan fingerprint density at radius 2 is 1.94 bits per heavy atom. The molecule has 2 bridgehead atoms. The number of hydrogen-bond donors (Lipinski definition) is 2. The van der Waals surface area contributed by atoms with Crippen LogP contribution in [0.4, 0.5) is 10.2 Å². The highest BCUT2D eigenvalue weighted by atomic mass is 19.1. The van der Waals surface area contributed by atoms with E-state index in [1.807, 2.05) is 13.0 Å². The lowest BCUT2D eigenvalue weighted by atomic mass is 9.82. The van der Waals surface area contributed by atoms with Crippen LogP contribution in [0.3, 0.4) is 0 Å². The van der Waals surface area contributed by atoms with Gasteiger partial charge in [-0.05, 0) is 51.2 Å². The zero-order valence-corrected chi connectivity index (χ0v) is 20.4. The highest BCUT2D eigenvalue weighted by molar-refractivity contribution is 5.71. The summed E-state index contributed by atoms with van der Waals surface area (Å²) in [7, 11) is 1.58. The number of anilines is 1. The number of nitrogens with zero attached hydrogens (tertiary/aromatic N) is 6. The summed E-state index contributed by atoms with van der Waals surface area (Å²) < 4.78 is 20.8. The van der Waals surface area contributed by atoms with E-state index >= 15 is 4.39 Å². The number of ether oxygens (including phenoxy) is 1. The van der Waals surface area contributed by atoms with Crippen LogP contribution in [0.15, 0.2) is 30.5 Å². The molecule has 2 N–H and O–H groups in total. The van der Waals surface area contributed by atoms with Crippen molar-refractivity contribution in [2.45, 2.75) is 75.8 Å². The summed E-state index contributed by atoms with van der Waals surface area (Å²) in [6.45, 7) is 1.82. The maximum Gasteiger partial charge on any atom is 0.185 e. The Bertz CT molecular complexity index is 1250. The minimum Gasteiger partial charge on any atom is -0.507 e. The Kier molecular flexibility index (Phi) is 5.91. The van der Waals surface area contributed by atoms with Gasteiger partial charge in [0.1, 0.15) is 23.4 Å². The summed E-state index contributed by atoms with van der Waals surface area (Å²) in [5.41, 5.74) is 2.43. The number of halogens is 1. The van der Waals surface area contributed by atoms with Crippen molar-refractivity contribution in [3.8, 4) is 34.1 Å². The molecule has 4 heterocycles. The van der Waals surface area contributed by atoms with E-state index in [0.29, 0.717) is 45.9 Å². The van der Waals surface area contributed by atoms with Crippen LogP contribution in [0.2, 0.25) is 0 Å². The molecule has 36 heavy (non-hydrogen) atoms. The number of fused-ring (bicyclic) bond motifs is 2. The number of aromatic nitrogens is 5. The predicted molar refractivity (Wildman–Crippen MR) is 133 cm³/mol. The lowest BCUT2D eigenvalue weighted by molar-refractivity contribution is 0.104. The van der Waals surface area contributed by atoms with Crippen molar-refractivity contribution in [3.05, 3.63) is 36.2 Å². The molecule has 188 valence electrons. The minimum atomic E-state index is -0.941. The molecule has 1 aliphatic carbocycles. The van der Waals surface area contributed by atoms with Gasteiger partial charge >= 0.3 is 0 Å². The number of phenolic OH excluding ortho intramolecular Hbond substituents is 1. The summed E-state index contributed by atoms with van der Waals surface area (Å²) >= 11 is 0. The summed E-state index contributed by atoms with van der Waals surface area (Å²) in [6.07, 6.45) is 6.61. The Morgan fingerprint density at radius 1 is 1.08 bits per heavy atom. The van der Waals surface area contributed by atoms with Crippen molar-refractivity contribution in [2.24, 2.45) is 0 Å². The summed E-state index contributed by atoms with van der Waals surface area (Å²) in [5.74, 6) is 1.55. The summed E-state index contributed by atoms with van der Waals surface area (Å²) in [5, 5.41) is 31.3. The molecule has 9 nitrogen and oxygen atoms in total. The second kappa shape index (κ2) is 9.24. The zero-order valence-electron chi connectivity index (χ0n) is 20.4. The Labute approximate surface area is 209 Å². The molecule has 3 aromatic rings. The van der Waals surface area contributed by atoms with Gasteiger partial charge in [-0.3, -0.25) is 0 Å². The van der Waals surface area contributed by atoms with Gasteiger partial charge in [-0.1, -0.05) is 12.5 Å². The smallest absolute Gasteiger partial charge is 0.185 e. The Morgan fingerprint density at radius 3 is 2.67 bits per heavy atom. The first-order valence-corrected chi connectivity index (χ1v) is 12.6. The molecule has 3 aliphatic rings. The van der Waals surface area contributed by atoms with Crippen LogP contribution in [-0.4, -0.2) is 67.9 Å². The van der Waals surface area contributed by atoms with E-state index in [9.17, 15) is 5.11 Å². The second-order valence-corrected chi connectivity index (χ2v) is 10.0. The Hall–Kier alpha value is -3.40. The van der Waals surface area contributed by atoms with Crippen LogP contribution < -0.4 is 15.0 Å². The van der Waals surface area contributed by atoms with E-state index in [0.717, 1.165) is 38.5 Å². The predicted octanol–water partition coefficient (Wildman–Crippen LogP) is 3.61. The molecular weight excluding hydrogens is 461 g/mol. The third-order valence-electron chi connectivity index (χ3n) is 7.59. The van der Waals surface area contributed by atoms with Crippen LogP contribution in [0.1, 0.15) is 44.2 Å². The summed E-state index contributed by atoms with van der Waals surface area (Å²) in [6, 6.07) is 7.29. The first-order valence-electron chi connectivity index (χ1n) is 12.6. The number of aryl methyl sites for hydroxylation is 1. The van der Waals surface area contributed by atoms with Crippen molar-refractivity contribution in [1.82, 2.24) is 30.7 Å². The van der Waals surface area contributed by atoms with Crippen molar-refractivity contribution in [2.75, 3.05) is 12.0 Å². The van der Waals surface area contributed by atoms with Gasteiger partial charge in [-0.25, -0.2) is 9.37 Å². The van der Waals surface area contributed by atoms with Crippen LogP contribution >= 0.6 is 0 Å². The quantitative estimate of drug-likeness (QED) is 0.534. The number of rotatable bonds is 6. The van der Waals surface area contributed by atoms with Gasteiger partial charge < -0.3 is 20.1 Å². The average Bonchev–Trinajstić information content (AvgIpc) is 3.73. The molecule has 0 spiro atoms. The number of benzene rings is 1. The van der Waals surface area contributed by atoms with Crippen molar-refractivity contribution >= 4 is 5.82 Å². The number of methoxy groups -OCH3 is 1. The topological polar surface area (TPSA) is 109 Å². The lowest BCUT2D eigenvalue weighted by Crippen LogP contribution is -2.62.